The maximum Gasteiger partial charge on any atom is 0.119 e. The van der Waals surface area contributed by atoms with Crippen LogP contribution < -0.4 is 5.32 Å². The molecule has 3 nitrogen and oxygen atoms in total. The van der Waals surface area contributed by atoms with Crippen LogP contribution >= 0.6 is 0 Å². The minimum absolute atomic E-state index is 0.498. The lowest BCUT2D eigenvalue weighted by molar-refractivity contribution is 0.114. The van der Waals surface area contributed by atoms with Gasteiger partial charge in [0.15, 0.2) is 0 Å². The summed E-state index contributed by atoms with van der Waals surface area (Å²) in [5, 5.41) is 7.55. The SMILES string of the molecule is CCc1cc(CC2(F)CCNCC2)n(C)n1. The summed E-state index contributed by atoms with van der Waals surface area (Å²) in [7, 11) is 1.90. The fraction of sp³-hybridized carbons (Fsp3) is 0.750. The molecule has 1 aromatic heterocycles. The van der Waals surface area contributed by atoms with Crippen molar-refractivity contribution in [3.05, 3.63) is 17.5 Å². The number of hydrogen-bond acceptors (Lipinski definition) is 2. The summed E-state index contributed by atoms with van der Waals surface area (Å²) < 4.78 is 16.3. The molecule has 1 aliphatic heterocycles. The lowest BCUT2D eigenvalue weighted by Gasteiger charge is -2.29. The van der Waals surface area contributed by atoms with Crippen LogP contribution in [-0.4, -0.2) is 28.5 Å². The third-order valence-corrected chi connectivity index (χ3v) is 3.39. The molecule has 1 saturated heterocycles. The molecule has 0 bridgehead atoms. The standard InChI is InChI=1S/C12H20FN3/c1-3-10-8-11(16(2)15-10)9-12(13)4-6-14-7-5-12/h8,14H,3-7,9H2,1-2H3. The lowest BCUT2D eigenvalue weighted by atomic mass is 9.89. The molecular weight excluding hydrogens is 205 g/mol. The number of rotatable bonds is 3. The molecule has 0 saturated carbocycles. The average molecular weight is 225 g/mol. The van der Waals surface area contributed by atoms with Crippen molar-refractivity contribution in [1.82, 2.24) is 15.1 Å². The molecule has 1 fully saturated rings. The summed E-state index contributed by atoms with van der Waals surface area (Å²) in [5.41, 5.74) is 1.03. The molecule has 0 spiro atoms. The first-order chi connectivity index (χ1) is 7.63. The molecule has 16 heavy (non-hydrogen) atoms. The van der Waals surface area contributed by atoms with Gasteiger partial charge >= 0.3 is 0 Å². The first-order valence-electron chi connectivity index (χ1n) is 6.04. The van der Waals surface area contributed by atoms with Crippen LogP contribution in [-0.2, 0) is 19.9 Å². The number of piperidine rings is 1. The van der Waals surface area contributed by atoms with Crippen LogP contribution in [0.15, 0.2) is 6.07 Å². The summed E-state index contributed by atoms with van der Waals surface area (Å²) in [6.45, 7) is 3.64. The fourth-order valence-corrected chi connectivity index (χ4v) is 2.29. The van der Waals surface area contributed by atoms with E-state index in [0.29, 0.717) is 19.3 Å². The summed E-state index contributed by atoms with van der Waals surface area (Å²) in [6.07, 6.45) is 2.63. The van der Waals surface area contributed by atoms with Crippen molar-refractivity contribution in [3.8, 4) is 0 Å². The topological polar surface area (TPSA) is 29.9 Å². The number of alkyl halides is 1. The van der Waals surface area contributed by atoms with Crippen molar-refractivity contribution >= 4 is 0 Å². The Kier molecular flexibility index (Phi) is 3.28. The van der Waals surface area contributed by atoms with Crippen molar-refractivity contribution < 1.29 is 4.39 Å². The Hall–Kier alpha value is -0.900. The van der Waals surface area contributed by atoms with Gasteiger partial charge in [-0.05, 0) is 38.4 Å². The number of hydrogen-bond donors (Lipinski definition) is 1. The first-order valence-corrected chi connectivity index (χ1v) is 6.04. The van der Waals surface area contributed by atoms with Gasteiger partial charge < -0.3 is 5.32 Å². The molecule has 2 heterocycles. The number of nitrogens with one attached hydrogen (secondary N) is 1. The molecule has 1 N–H and O–H groups in total. The lowest BCUT2D eigenvalue weighted by Crippen LogP contribution is -2.40. The molecular formula is C12H20FN3. The molecule has 0 unspecified atom stereocenters. The number of aryl methyl sites for hydroxylation is 2. The van der Waals surface area contributed by atoms with Crippen LogP contribution in [0, 0.1) is 0 Å². The quantitative estimate of drug-likeness (QED) is 0.847. The Labute approximate surface area is 96.0 Å². The van der Waals surface area contributed by atoms with Crippen LogP contribution in [0.4, 0.5) is 4.39 Å². The average Bonchev–Trinajstić information content (AvgIpc) is 2.60. The fourth-order valence-electron chi connectivity index (χ4n) is 2.29. The highest BCUT2D eigenvalue weighted by atomic mass is 19.1. The molecule has 0 amide bonds. The Bertz CT molecular complexity index is 353. The first kappa shape index (κ1) is 11.6. The Morgan fingerprint density at radius 3 is 2.75 bits per heavy atom. The van der Waals surface area contributed by atoms with Gasteiger partial charge in [-0.25, -0.2) is 4.39 Å². The van der Waals surface area contributed by atoms with E-state index in [-0.39, 0.29) is 0 Å². The van der Waals surface area contributed by atoms with Gasteiger partial charge in [0.05, 0.1) is 5.69 Å². The summed E-state index contributed by atoms with van der Waals surface area (Å²) in [6, 6.07) is 2.03. The van der Waals surface area contributed by atoms with E-state index in [2.05, 4.69) is 17.3 Å². The van der Waals surface area contributed by atoms with E-state index >= 15 is 0 Å². The van der Waals surface area contributed by atoms with Gasteiger partial charge in [-0.2, -0.15) is 5.10 Å². The highest BCUT2D eigenvalue weighted by molar-refractivity contribution is 5.13. The van der Waals surface area contributed by atoms with Crippen molar-refractivity contribution in [2.45, 2.75) is 38.3 Å². The highest BCUT2D eigenvalue weighted by Crippen LogP contribution is 2.27. The normalized spacial score (nSPS) is 19.9. The monoisotopic (exact) mass is 225 g/mol. The highest BCUT2D eigenvalue weighted by Gasteiger charge is 2.32. The summed E-state index contributed by atoms with van der Waals surface area (Å²) in [4.78, 5) is 0. The minimum Gasteiger partial charge on any atom is -0.316 e. The van der Waals surface area contributed by atoms with E-state index in [1.807, 2.05) is 17.8 Å². The van der Waals surface area contributed by atoms with Gasteiger partial charge in [-0.1, -0.05) is 6.92 Å². The van der Waals surface area contributed by atoms with E-state index in [1.54, 1.807) is 0 Å². The largest absolute Gasteiger partial charge is 0.316 e. The maximum absolute atomic E-state index is 14.5. The molecule has 1 aromatic rings. The van der Waals surface area contributed by atoms with Crippen molar-refractivity contribution in [2.24, 2.45) is 7.05 Å². The number of nitrogens with zero attached hydrogens (tertiary/aromatic N) is 2. The van der Waals surface area contributed by atoms with Gasteiger partial charge in [0.2, 0.25) is 0 Å². The Balaban J connectivity index is 2.09. The van der Waals surface area contributed by atoms with E-state index in [0.717, 1.165) is 30.9 Å². The number of halogens is 1. The van der Waals surface area contributed by atoms with E-state index in [4.69, 9.17) is 0 Å². The van der Waals surface area contributed by atoms with Crippen LogP contribution in [0.5, 0.6) is 0 Å². The third-order valence-electron chi connectivity index (χ3n) is 3.39. The van der Waals surface area contributed by atoms with Crippen molar-refractivity contribution in [3.63, 3.8) is 0 Å². The zero-order chi connectivity index (χ0) is 11.6. The molecule has 2 rings (SSSR count). The maximum atomic E-state index is 14.5. The second-order valence-corrected chi connectivity index (χ2v) is 4.68. The van der Waals surface area contributed by atoms with E-state index in [9.17, 15) is 4.39 Å². The zero-order valence-corrected chi connectivity index (χ0v) is 10.1. The van der Waals surface area contributed by atoms with Gasteiger partial charge in [0, 0.05) is 19.2 Å². The molecule has 0 atom stereocenters. The van der Waals surface area contributed by atoms with Gasteiger partial charge in [-0.15, -0.1) is 0 Å². The van der Waals surface area contributed by atoms with Crippen LogP contribution in [0.3, 0.4) is 0 Å². The van der Waals surface area contributed by atoms with Crippen LogP contribution in [0.1, 0.15) is 31.2 Å². The Morgan fingerprint density at radius 2 is 2.19 bits per heavy atom. The van der Waals surface area contributed by atoms with Gasteiger partial charge in [0.1, 0.15) is 5.67 Å². The summed E-state index contributed by atoms with van der Waals surface area (Å²) >= 11 is 0. The van der Waals surface area contributed by atoms with Crippen LogP contribution in [0.2, 0.25) is 0 Å². The van der Waals surface area contributed by atoms with Crippen molar-refractivity contribution in [2.75, 3.05) is 13.1 Å². The zero-order valence-electron chi connectivity index (χ0n) is 10.1. The van der Waals surface area contributed by atoms with Crippen molar-refractivity contribution in [1.29, 1.82) is 0 Å². The molecule has 0 radical (unpaired) electrons. The molecule has 0 aliphatic carbocycles. The van der Waals surface area contributed by atoms with Crippen LogP contribution in [0.25, 0.3) is 0 Å². The smallest absolute Gasteiger partial charge is 0.119 e. The van der Waals surface area contributed by atoms with E-state index < -0.39 is 5.67 Å². The molecule has 1 aliphatic rings. The molecule has 90 valence electrons. The number of aromatic nitrogens is 2. The molecule has 4 heteroatoms. The van der Waals surface area contributed by atoms with Gasteiger partial charge in [-0.3, -0.25) is 4.68 Å². The Morgan fingerprint density at radius 1 is 1.50 bits per heavy atom. The second kappa shape index (κ2) is 4.53. The third kappa shape index (κ3) is 2.43. The predicted octanol–water partition coefficient (Wildman–Crippen LogP) is 1.62. The second-order valence-electron chi connectivity index (χ2n) is 4.68. The van der Waals surface area contributed by atoms with E-state index in [1.165, 1.54) is 0 Å². The summed E-state index contributed by atoms with van der Waals surface area (Å²) in [5.74, 6) is 0. The minimum atomic E-state index is -1.04. The predicted molar refractivity (Wildman–Crippen MR) is 62.2 cm³/mol. The van der Waals surface area contributed by atoms with Gasteiger partial charge in [0.25, 0.3) is 0 Å². The molecule has 0 aromatic carbocycles.